The topological polar surface area (TPSA) is 226 Å². The second-order valence-corrected chi connectivity index (χ2v) is 13.9. The standard InChI is InChI=1S/C19H28ClN6O9PS/c1-9(27)21-6-12(36(30,31)32)37(33,34)7-11-14(28)15(29)18(35-11)26-8-22-13-16(23-10-4-2-3-5-10)24-19(20)25-17(13)26/h8,10-12,14-15,18,28-29H,2-7H2,1H3,(H,21,27)(H,23,24,25)(H2,30,31,32)/t11-,12?,14-,15-,18-/m1/s1. The molecular weight excluding hydrogens is 555 g/mol. The van der Waals surface area contributed by atoms with Crippen LogP contribution in [0.15, 0.2) is 6.33 Å². The molecule has 0 aromatic carbocycles. The van der Waals surface area contributed by atoms with Crippen molar-refractivity contribution in [1.82, 2.24) is 24.8 Å². The first kappa shape index (κ1) is 28.1. The Morgan fingerprint density at radius 1 is 1.27 bits per heavy atom. The van der Waals surface area contributed by atoms with Gasteiger partial charge in [-0.05, 0) is 24.4 Å². The van der Waals surface area contributed by atoms with Crippen LogP contribution in [0.1, 0.15) is 38.8 Å². The van der Waals surface area contributed by atoms with E-state index in [1.54, 1.807) is 0 Å². The third-order valence-electron chi connectivity index (χ3n) is 6.41. The van der Waals surface area contributed by atoms with Gasteiger partial charge in [-0.2, -0.15) is 9.97 Å². The first-order valence-electron chi connectivity index (χ1n) is 11.5. The summed E-state index contributed by atoms with van der Waals surface area (Å²) in [5, 5.41) is 26.5. The van der Waals surface area contributed by atoms with Gasteiger partial charge in [0, 0.05) is 19.5 Å². The van der Waals surface area contributed by atoms with Crippen molar-refractivity contribution in [3.8, 4) is 0 Å². The number of halogens is 1. The van der Waals surface area contributed by atoms with Crippen molar-refractivity contribution < 1.29 is 42.5 Å². The summed E-state index contributed by atoms with van der Waals surface area (Å²) in [5.41, 5.74) is 0.494. The Balaban J connectivity index is 1.58. The third kappa shape index (κ3) is 6.06. The highest BCUT2D eigenvalue weighted by molar-refractivity contribution is 7.98. The van der Waals surface area contributed by atoms with E-state index in [1.807, 2.05) is 0 Å². The van der Waals surface area contributed by atoms with Crippen LogP contribution in [0.3, 0.4) is 0 Å². The van der Waals surface area contributed by atoms with Crippen molar-refractivity contribution in [2.75, 3.05) is 17.6 Å². The number of aliphatic hydroxyl groups is 2. The largest absolute Gasteiger partial charge is 0.387 e. The zero-order valence-electron chi connectivity index (χ0n) is 19.6. The lowest BCUT2D eigenvalue weighted by Gasteiger charge is -2.22. The van der Waals surface area contributed by atoms with Crippen LogP contribution < -0.4 is 10.6 Å². The Morgan fingerprint density at radius 2 is 1.95 bits per heavy atom. The highest BCUT2D eigenvalue weighted by atomic mass is 35.5. The van der Waals surface area contributed by atoms with Crippen molar-refractivity contribution in [2.45, 2.75) is 68.2 Å². The molecule has 1 saturated heterocycles. The van der Waals surface area contributed by atoms with Crippen molar-refractivity contribution in [3.05, 3.63) is 11.6 Å². The minimum Gasteiger partial charge on any atom is -0.387 e. The Kier molecular flexibility index (Phi) is 8.12. The zero-order valence-corrected chi connectivity index (χ0v) is 22.1. The molecule has 4 rings (SSSR count). The van der Waals surface area contributed by atoms with E-state index >= 15 is 0 Å². The number of ether oxygens (including phenoxy) is 1. The molecule has 0 spiro atoms. The number of hydrogen-bond acceptors (Lipinski definition) is 11. The summed E-state index contributed by atoms with van der Waals surface area (Å²) in [7, 11) is -9.85. The van der Waals surface area contributed by atoms with E-state index in [-0.39, 0.29) is 17.0 Å². The van der Waals surface area contributed by atoms with E-state index in [0.29, 0.717) is 11.3 Å². The smallest absolute Gasteiger partial charge is 0.345 e. The van der Waals surface area contributed by atoms with E-state index in [4.69, 9.17) is 16.3 Å². The molecule has 0 bridgehead atoms. The van der Waals surface area contributed by atoms with Crippen LogP contribution in [0.2, 0.25) is 5.28 Å². The van der Waals surface area contributed by atoms with Crippen molar-refractivity contribution >= 4 is 51.9 Å². The molecular formula is C19H28ClN6O9PS. The van der Waals surface area contributed by atoms with Crippen molar-refractivity contribution in [3.63, 3.8) is 0 Å². The number of aliphatic hydroxyl groups excluding tert-OH is 2. The molecule has 2 aromatic heterocycles. The quantitative estimate of drug-likeness (QED) is 0.162. The highest BCUT2D eigenvalue weighted by Crippen LogP contribution is 2.45. The van der Waals surface area contributed by atoms with Gasteiger partial charge in [-0.1, -0.05) is 12.8 Å². The average Bonchev–Trinajstić information content (AvgIpc) is 3.49. The number of fused-ring (bicyclic) bond motifs is 1. The summed E-state index contributed by atoms with van der Waals surface area (Å²) in [6, 6.07) is 0.184. The van der Waals surface area contributed by atoms with Crippen LogP contribution in [0.25, 0.3) is 11.2 Å². The molecule has 1 aliphatic heterocycles. The second-order valence-electron chi connectivity index (χ2n) is 9.15. The first-order valence-corrected chi connectivity index (χ1v) is 15.2. The van der Waals surface area contributed by atoms with Crippen molar-refractivity contribution in [2.24, 2.45) is 0 Å². The van der Waals surface area contributed by atoms with Gasteiger partial charge < -0.3 is 35.4 Å². The minimum absolute atomic E-state index is 0.107. The molecule has 2 aliphatic rings. The fraction of sp³-hybridized carbons (Fsp3) is 0.684. The monoisotopic (exact) mass is 582 g/mol. The van der Waals surface area contributed by atoms with Crippen LogP contribution in [0.5, 0.6) is 0 Å². The van der Waals surface area contributed by atoms with Gasteiger partial charge in [0.05, 0.1) is 12.1 Å². The molecule has 1 unspecified atom stereocenters. The maximum atomic E-state index is 12.9. The number of sulfone groups is 1. The van der Waals surface area contributed by atoms with Crippen LogP contribution in [-0.4, -0.2) is 95.5 Å². The van der Waals surface area contributed by atoms with Gasteiger partial charge in [-0.15, -0.1) is 0 Å². The number of carbonyl (C=O) groups excluding carboxylic acids is 1. The van der Waals surface area contributed by atoms with E-state index < -0.39 is 65.2 Å². The number of hydrogen-bond donors (Lipinski definition) is 6. The lowest BCUT2D eigenvalue weighted by atomic mass is 10.1. The van der Waals surface area contributed by atoms with Crippen molar-refractivity contribution in [1.29, 1.82) is 0 Å². The molecule has 1 amide bonds. The van der Waals surface area contributed by atoms with Crippen LogP contribution in [0.4, 0.5) is 5.82 Å². The highest BCUT2D eigenvalue weighted by Gasteiger charge is 2.49. The summed E-state index contributed by atoms with van der Waals surface area (Å²) in [6.45, 7) is 0.225. The van der Waals surface area contributed by atoms with Crippen LogP contribution >= 0.6 is 19.2 Å². The molecule has 15 nitrogen and oxygen atoms in total. The summed E-state index contributed by atoms with van der Waals surface area (Å²) in [4.78, 5) is 40.7. The molecule has 1 saturated carbocycles. The first-order chi connectivity index (χ1) is 17.3. The number of rotatable bonds is 9. The van der Waals surface area contributed by atoms with E-state index in [1.165, 1.54) is 10.9 Å². The number of nitrogens with zero attached hydrogens (tertiary/aromatic N) is 4. The lowest BCUT2D eigenvalue weighted by molar-refractivity contribution is -0.118. The maximum absolute atomic E-state index is 12.9. The second kappa shape index (κ2) is 10.7. The SMILES string of the molecule is CC(=O)NCC(P(=O)(O)O)S(=O)(=O)C[C@H]1O[C@@H](n2cnc3c(NC4CCCC4)nc(Cl)nc32)[C@H](O)[C@@H]1O. The van der Waals surface area contributed by atoms with Crippen LogP contribution in [0, 0.1) is 0 Å². The van der Waals surface area contributed by atoms with Crippen LogP contribution in [-0.2, 0) is 23.9 Å². The lowest BCUT2D eigenvalue weighted by Crippen LogP contribution is -2.42. The van der Waals surface area contributed by atoms with E-state index in [0.717, 1.165) is 32.6 Å². The Labute approximate surface area is 216 Å². The van der Waals surface area contributed by atoms with Gasteiger partial charge >= 0.3 is 7.60 Å². The van der Waals surface area contributed by atoms with Gasteiger partial charge in [0.2, 0.25) is 11.2 Å². The number of nitrogens with one attached hydrogen (secondary N) is 2. The van der Waals surface area contributed by atoms with Gasteiger partial charge in [0.15, 0.2) is 38.0 Å². The molecule has 1 aliphatic carbocycles. The predicted octanol–water partition coefficient (Wildman–Crippen LogP) is -0.492. The molecule has 206 valence electrons. The fourth-order valence-electron chi connectivity index (χ4n) is 4.56. The Hall–Kier alpha value is -1.91. The number of aromatic nitrogens is 4. The molecule has 5 atom stereocenters. The molecule has 2 fully saturated rings. The summed E-state index contributed by atoms with van der Waals surface area (Å²) < 4.78 is 44.5. The van der Waals surface area contributed by atoms with E-state index in [9.17, 15) is 37.8 Å². The number of imidazole rings is 1. The van der Waals surface area contributed by atoms with Gasteiger partial charge in [-0.25, -0.2) is 13.4 Å². The number of carbonyl (C=O) groups is 1. The summed E-state index contributed by atoms with van der Waals surface area (Å²) in [6.07, 6.45) is -0.926. The molecule has 2 aromatic rings. The molecule has 0 radical (unpaired) electrons. The fourth-order valence-corrected chi connectivity index (χ4v) is 8.28. The maximum Gasteiger partial charge on any atom is 0.345 e. The molecule has 3 heterocycles. The predicted molar refractivity (Wildman–Crippen MR) is 130 cm³/mol. The Bertz CT molecular complexity index is 1310. The number of amides is 1. The normalized spacial score (nSPS) is 26.0. The third-order valence-corrected chi connectivity index (χ3v) is 11.1. The number of anilines is 1. The summed E-state index contributed by atoms with van der Waals surface area (Å²) in [5.74, 6) is -1.33. The average molecular weight is 583 g/mol. The minimum atomic E-state index is -5.22. The zero-order chi connectivity index (χ0) is 27.1. The van der Waals surface area contributed by atoms with Gasteiger partial charge in [0.1, 0.15) is 18.3 Å². The Morgan fingerprint density at radius 3 is 2.57 bits per heavy atom. The summed E-state index contributed by atoms with van der Waals surface area (Å²) >= 11 is 6.12. The van der Waals surface area contributed by atoms with Gasteiger partial charge in [-0.3, -0.25) is 13.9 Å². The molecule has 18 heteroatoms. The van der Waals surface area contributed by atoms with E-state index in [2.05, 4.69) is 25.6 Å². The van der Waals surface area contributed by atoms with Gasteiger partial charge in [0.25, 0.3) is 0 Å². The molecule has 37 heavy (non-hydrogen) atoms. The molecule has 6 N–H and O–H groups in total.